The first kappa shape index (κ1) is 23.3. The average molecular weight is 514 g/mol. The molecule has 1 aromatic carbocycles. The molecule has 0 amide bonds. The number of aromatic nitrogens is 1. The Hall–Kier alpha value is -1.97. The first-order valence-electron chi connectivity index (χ1n) is 10.0. The molecule has 1 aliphatic heterocycles. The molecule has 160 valence electrons. The number of hydrogen-bond donors (Lipinski definition) is 2. The van der Waals surface area contributed by atoms with Crippen LogP contribution in [0.4, 0.5) is 0 Å². The molecule has 0 saturated carbocycles. The highest BCUT2D eigenvalue weighted by Crippen LogP contribution is 2.35. The zero-order chi connectivity index (χ0) is 19.9. The van der Waals surface area contributed by atoms with E-state index in [4.69, 9.17) is 19.0 Å². The van der Waals surface area contributed by atoms with Crippen molar-refractivity contribution in [3.05, 3.63) is 40.8 Å². The molecule has 0 bridgehead atoms. The van der Waals surface area contributed by atoms with Gasteiger partial charge in [-0.2, -0.15) is 0 Å². The van der Waals surface area contributed by atoms with Gasteiger partial charge in [0.1, 0.15) is 17.6 Å². The molecule has 0 fully saturated rings. The minimum absolute atomic E-state index is 0. The molecule has 7 nitrogen and oxygen atoms in total. The van der Waals surface area contributed by atoms with Gasteiger partial charge in [-0.05, 0) is 39.3 Å². The molecule has 1 aromatic heterocycles. The van der Waals surface area contributed by atoms with Crippen molar-refractivity contribution < 1.29 is 14.0 Å². The van der Waals surface area contributed by atoms with Crippen LogP contribution in [-0.2, 0) is 25.9 Å². The topological polar surface area (TPSA) is 80.9 Å². The SMILES string of the molecule is CCNC(=NCc1cc2c(cc1OCC)CC(C)O2)NCc1cc(CC)no1.I. The van der Waals surface area contributed by atoms with Crippen LogP contribution in [0.2, 0.25) is 0 Å². The Morgan fingerprint density at radius 3 is 2.76 bits per heavy atom. The number of benzene rings is 1. The van der Waals surface area contributed by atoms with E-state index in [9.17, 15) is 0 Å². The van der Waals surface area contributed by atoms with Crippen molar-refractivity contribution in [2.24, 2.45) is 4.99 Å². The quantitative estimate of drug-likeness (QED) is 0.317. The minimum atomic E-state index is 0. The first-order valence-corrected chi connectivity index (χ1v) is 10.0. The summed E-state index contributed by atoms with van der Waals surface area (Å²) < 4.78 is 17.1. The van der Waals surface area contributed by atoms with Crippen LogP contribution in [0.3, 0.4) is 0 Å². The van der Waals surface area contributed by atoms with Crippen LogP contribution in [0.25, 0.3) is 0 Å². The molecule has 2 aromatic rings. The number of aliphatic imine (C=N–C) groups is 1. The highest BCUT2D eigenvalue weighted by Gasteiger charge is 2.21. The predicted octanol–water partition coefficient (Wildman–Crippen LogP) is 3.83. The van der Waals surface area contributed by atoms with Gasteiger partial charge in [-0.1, -0.05) is 12.1 Å². The normalized spacial score (nSPS) is 15.3. The molecule has 8 heteroatoms. The minimum Gasteiger partial charge on any atom is -0.494 e. The summed E-state index contributed by atoms with van der Waals surface area (Å²) in [5, 5.41) is 10.6. The number of hydrogen-bond acceptors (Lipinski definition) is 5. The van der Waals surface area contributed by atoms with Gasteiger partial charge >= 0.3 is 0 Å². The zero-order valence-electron chi connectivity index (χ0n) is 17.6. The molecule has 0 radical (unpaired) electrons. The van der Waals surface area contributed by atoms with Gasteiger partial charge in [0.15, 0.2) is 11.7 Å². The van der Waals surface area contributed by atoms with Crippen LogP contribution >= 0.6 is 24.0 Å². The highest BCUT2D eigenvalue weighted by atomic mass is 127. The summed E-state index contributed by atoms with van der Waals surface area (Å²) in [6.07, 6.45) is 1.98. The van der Waals surface area contributed by atoms with Crippen molar-refractivity contribution in [3.63, 3.8) is 0 Å². The summed E-state index contributed by atoms with van der Waals surface area (Å²) in [6.45, 7) is 10.6. The number of nitrogens with zero attached hydrogens (tertiary/aromatic N) is 2. The molecule has 1 aliphatic rings. The van der Waals surface area contributed by atoms with Crippen LogP contribution in [0.1, 0.15) is 50.3 Å². The lowest BCUT2D eigenvalue weighted by molar-refractivity contribution is 0.254. The maximum atomic E-state index is 5.90. The highest BCUT2D eigenvalue weighted by molar-refractivity contribution is 14.0. The number of rotatable bonds is 8. The maximum Gasteiger partial charge on any atom is 0.191 e. The summed E-state index contributed by atoms with van der Waals surface area (Å²) in [4.78, 5) is 4.71. The first-order chi connectivity index (χ1) is 13.6. The van der Waals surface area contributed by atoms with E-state index in [0.717, 1.165) is 47.9 Å². The predicted molar refractivity (Wildman–Crippen MR) is 124 cm³/mol. The second kappa shape index (κ2) is 11.3. The van der Waals surface area contributed by atoms with Crippen molar-refractivity contribution >= 4 is 29.9 Å². The molecular formula is C21H31IN4O3. The molecule has 2 N–H and O–H groups in total. The number of ether oxygens (including phenoxy) is 2. The van der Waals surface area contributed by atoms with E-state index in [0.29, 0.717) is 25.7 Å². The lowest BCUT2D eigenvalue weighted by atomic mass is 10.1. The van der Waals surface area contributed by atoms with Crippen LogP contribution in [0, 0.1) is 0 Å². The summed E-state index contributed by atoms with van der Waals surface area (Å²) in [5.74, 6) is 3.32. The number of fused-ring (bicyclic) bond motifs is 1. The van der Waals surface area contributed by atoms with Gasteiger partial charge in [-0.3, -0.25) is 0 Å². The maximum absolute atomic E-state index is 5.90. The van der Waals surface area contributed by atoms with Gasteiger partial charge < -0.3 is 24.6 Å². The molecule has 0 saturated heterocycles. The van der Waals surface area contributed by atoms with E-state index in [1.165, 1.54) is 5.56 Å². The van der Waals surface area contributed by atoms with Crippen LogP contribution in [0.5, 0.6) is 11.5 Å². The lowest BCUT2D eigenvalue weighted by Crippen LogP contribution is -2.36. The van der Waals surface area contributed by atoms with Crippen LogP contribution in [-0.4, -0.2) is 30.4 Å². The fraction of sp³-hybridized carbons (Fsp3) is 0.524. The van der Waals surface area contributed by atoms with Crippen molar-refractivity contribution in [2.75, 3.05) is 13.2 Å². The molecule has 0 spiro atoms. The molecule has 1 unspecified atom stereocenters. The third-order valence-corrected chi connectivity index (χ3v) is 4.53. The van der Waals surface area contributed by atoms with E-state index < -0.39 is 0 Å². The molecule has 2 heterocycles. The second-order valence-corrected chi connectivity index (χ2v) is 6.82. The zero-order valence-corrected chi connectivity index (χ0v) is 19.9. The Balaban J connectivity index is 0.00000300. The summed E-state index contributed by atoms with van der Waals surface area (Å²) >= 11 is 0. The van der Waals surface area contributed by atoms with Gasteiger partial charge in [0.2, 0.25) is 0 Å². The van der Waals surface area contributed by atoms with Gasteiger partial charge in [0.05, 0.1) is 25.4 Å². The van der Waals surface area contributed by atoms with Gasteiger partial charge in [-0.25, -0.2) is 4.99 Å². The van der Waals surface area contributed by atoms with E-state index in [1.807, 2.05) is 19.9 Å². The summed E-state index contributed by atoms with van der Waals surface area (Å²) in [6, 6.07) is 6.11. The lowest BCUT2D eigenvalue weighted by Gasteiger charge is -2.13. The monoisotopic (exact) mass is 514 g/mol. The number of nitrogens with one attached hydrogen (secondary N) is 2. The van der Waals surface area contributed by atoms with Gasteiger partial charge in [0.25, 0.3) is 0 Å². The average Bonchev–Trinajstić information content (AvgIpc) is 3.29. The second-order valence-electron chi connectivity index (χ2n) is 6.82. The molecule has 3 rings (SSSR count). The fourth-order valence-corrected chi connectivity index (χ4v) is 3.18. The fourth-order valence-electron chi connectivity index (χ4n) is 3.18. The third-order valence-electron chi connectivity index (χ3n) is 4.53. The van der Waals surface area contributed by atoms with E-state index in [2.05, 4.69) is 41.8 Å². The molecular weight excluding hydrogens is 483 g/mol. The van der Waals surface area contributed by atoms with Crippen LogP contribution in [0.15, 0.2) is 27.7 Å². The smallest absolute Gasteiger partial charge is 0.191 e. The summed E-state index contributed by atoms with van der Waals surface area (Å²) in [5.41, 5.74) is 3.16. The van der Waals surface area contributed by atoms with Crippen LogP contribution < -0.4 is 20.1 Å². The molecule has 0 aliphatic carbocycles. The molecule has 29 heavy (non-hydrogen) atoms. The molecule has 1 atom stereocenters. The van der Waals surface area contributed by atoms with E-state index in [1.54, 1.807) is 0 Å². The Kier molecular flexibility index (Phi) is 9.06. The van der Waals surface area contributed by atoms with Crippen molar-refractivity contribution in [1.82, 2.24) is 15.8 Å². The Morgan fingerprint density at radius 2 is 2.07 bits per heavy atom. The number of halogens is 1. The number of guanidine groups is 1. The van der Waals surface area contributed by atoms with Gasteiger partial charge in [0, 0.05) is 30.2 Å². The standard InChI is InChI=1S/C21H30N4O3.HI/c1-5-17-11-18(28-25-17)13-24-21(22-6-2)23-12-16-10-20-15(8-14(4)27-20)9-19(16)26-7-3;/h9-11,14H,5-8,12-13H2,1-4H3,(H2,22,23,24);1H. The van der Waals surface area contributed by atoms with Crippen molar-refractivity contribution in [2.45, 2.75) is 59.7 Å². The Morgan fingerprint density at radius 1 is 1.24 bits per heavy atom. The Labute approximate surface area is 189 Å². The van der Waals surface area contributed by atoms with Crippen molar-refractivity contribution in [3.8, 4) is 11.5 Å². The summed E-state index contributed by atoms with van der Waals surface area (Å²) in [7, 11) is 0. The van der Waals surface area contributed by atoms with E-state index >= 15 is 0 Å². The third kappa shape index (κ3) is 6.25. The van der Waals surface area contributed by atoms with Gasteiger partial charge in [-0.15, -0.1) is 24.0 Å². The van der Waals surface area contributed by atoms with E-state index in [-0.39, 0.29) is 30.1 Å². The largest absolute Gasteiger partial charge is 0.494 e. The Bertz CT molecular complexity index is 822. The van der Waals surface area contributed by atoms with Crippen molar-refractivity contribution in [1.29, 1.82) is 0 Å². The number of aryl methyl sites for hydroxylation is 1.